The van der Waals surface area contributed by atoms with Crippen molar-refractivity contribution in [1.29, 1.82) is 0 Å². The summed E-state index contributed by atoms with van der Waals surface area (Å²) in [5.74, 6) is 5.11. The highest BCUT2D eigenvalue weighted by Crippen LogP contribution is 2.01. The molecule has 0 amide bonds. The standard InChI is InChI=1S/C10H11N3O3/c1-16-10(15)8-6-13-9(7-12-8)11-4-2-3-5-14/h6-7,14H,4-5H2,1H3,(H,11,13). The third-order valence-electron chi connectivity index (χ3n) is 1.61. The van der Waals surface area contributed by atoms with Crippen LogP contribution in [0.1, 0.15) is 10.5 Å². The Kier molecular flexibility index (Phi) is 4.76. The predicted octanol–water partition coefficient (Wildman–Crippen LogP) is -0.329. The number of anilines is 1. The number of carbonyl (C=O) groups is 1. The van der Waals surface area contributed by atoms with E-state index in [9.17, 15) is 4.79 Å². The molecule has 84 valence electrons. The zero-order valence-corrected chi connectivity index (χ0v) is 8.73. The molecule has 0 aliphatic rings. The SMILES string of the molecule is COC(=O)c1cnc(NCC#CCO)cn1. The first-order valence-electron chi connectivity index (χ1n) is 4.48. The maximum atomic E-state index is 11.0. The number of aromatic nitrogens is 2. The maximum Gasteiger partial charge on any atom is 0.358 e. The van der Waals surface area contributed by atoms with Crippen molar-refractivity contribution in [3.8, 4) is 11.8 Å². The van der Waals surface area contributed by atoms with Gasteiger partial charge < -0.3 is 15.2 Å². The summed E-state index contributed by atoms with van der Waals surface area (Å²) < 4.78 is 4.48. The average molecular weight is 221 g/mol. The molecule has 1 aromatic rings. The van der Waals surface area contributed by atoms with Gasteiger partial charge in [-0.15, -0.1) is 0 Å². The second-order valence-electron chi connectivity index (χ2n) is 2.64. The fourth-order valence-electron chi connectivity index (χ4n) is 0.882. The van der Waals surface area contributed by atoms with E-state index in [1.54, 1.807) is 0 Å². The van der Waals surface area contributed by atoms with Gasteiger partial charge in [-0.05, 0) is 0 Å². The number of methoxy groups -OCH3 is 1. The number of hydrogen-bond acceptors (Lipinski definition) is 6. The van der Waals surface area contributed by atoms with Gasteiger partial charge in [-0.25, -0.2) is 14.8 Å². The van der Waals surface area contributed by atoms with Gasteiger partial charge in [0.15, 0.2) is 5.69 Å². The summed E-state index contributed by atoms with van der Waals surface area (Å²) >= 11 is 0. The van der Waals surface area contributed by atoms with E-state index >= 15 is 0 Å². The summed E-state index contributed by atoms with van der Waals surface area (Å²) in [5.41, 5.74) is 0.148. The van der Waals surface area contributed by atoms with Crippen LogP contribution >= 0.6 is 0 Å². The molecule has 0 aliphatic carbocycles. The number of aliphatic hydroxyl groups is 1. The first-order valence-corrected chi connectivity index (χ1v) is 4.48. The molecule has 2 N–H and O–H groups in total. The Morgan fingerprint density at radius 1 is 1.50 bits per heavy atom. The van der Waals surface area contributed by atoms with Gasteiger partial charge in [0.25, 0.3) is 0 Å². The van der Waals surface area contributed by atoms with Gasteiger partial charge >= 0.3 is 5.97 Å². The Bertz CT molecular complexity index is 406. The van der Waals surface area contributed by atoms with Crippen LogP contribution in [0.3, 0.4) is 0 Å². The summed E-state index contributed by atoms with van der Waals surface area (Å²) in [4.78, 5) is 18.8. The van der Waals surface area contributed by atoms with Crippen molar-refractivity contribution in [3.05, 3.63) is 18.1 Å². The van der Waals surface area contributed by atoms with Crippen molar-refractivity contribution in [2.24, 2.45) is 0 Å². The number of nitrogens with zero attached hydrogens (tertiary/aromatic N) is 2. The van der Waals surface area contributed by atoms with E-state index < -0.39 is 5.97 Å². The van der Waals surface area contributed by atoms with E-state index in [4.69, 9.17) is 5.11 Å². The van der Waals surface area contributed by atoms with Crippen LogP contribution in [0.2, 0.25) is 0 Å². The number of nitrogens with one attached hydrogen (secondary N) is 1. The Balaban J connectivity index is 2.54. The molecule has 0 saturated heterocycles. The van der Waals surface area contributed by atoms with Gasteiger partial charge in [0.2, 0.25) is 0 Å². The Morgan fingerprint density at radius 3 is 2.88 bits per heavy atom. The monoisotopic (exact) mass is 221 g/mol. The molecule has 6 nitrogen and oxygen atoms in total. The van der Waals surface area contributed by atoms with E-state index in [-0.39, 0.29) is 12.3 Å². The first-order chi connectivity index (χ1) is 7.77. The van der Waals surface area contributed by atoms with Gasteiger partial charge in [0, 0.05) is 0 Å². The highest BCUT2D eigenvalue weighted by Gasteiger charge is 2.06. The zero-order chi connectivity index (χ0) is 11.8. The van der Waals surface area contributed by atoms with Crippen molar-refractivity contribution < 1.29 is 14.6 Å². The van der Waals surface area contributed by atoms with Crippen LogP contribution in [0.4, 0.5) is 5.82 Å². The van der Waals surface area contributed by atoms with Gasteiger partial charge in [0.05, 0.1) is 26.0 Å². The number of rotatable bonds is 3. The quantitative estimate of drug-likeness (QED) is 0.537. The van der Waals surface area contributed by atoms with Crippen molar-refractivity contribution in [3.63, 3.8) is 0 Å². The molecular formula is C10H11N3O3. The van der Waals surface area contributed by atoms with E-state index in [0.29, 0.717) is 12.4 Å². The molecule has 0 bridgehead atoms. The minimum absolute atomic E-state index is 0.148. The molecule has 0 saturated carbocycles. The lowest BCUT2D eigenvalue weighted by Crippen LogP contribution is -2.07. The molecule has 0 fully saturated rings. The summed E-state index contributed by atoms with van der Waals surface area (Å²) in [5, 5.41) is 11.3. The second-order valence-corrected chi connectivity index (χ2v) is 2.64. The molecule has 0 atom stereocenters. The minimum atomic E-state index is -0.529. The molecule has 0 radical (unpaired) electrons. The molecule has 0 aliphatic heterocycles. The van der Waals surface area contributed by atoms with E-state index in [1.165, 1.54) is 19.5 Å². The lowest BCUT2D eigenvalue weighted by atomic mass is 10.4. The van der Waals surface area contributed by atoms with Crippen molar-refractivity contribution in [2.75, 3.05) is 25.6 Å². The third-order valence-corrected chi connectivity index (χ3v) is 1.61. The zero-order valence-electron chi connectivity index (χ0n) is 8.73. The van der Waals surface area contributed by atoms with E-state index in [1.807, 2.05) is 0 Å². The van der Waals surface area contributed by atoms with E-state index in [0.717, 1.165) is 0 Å². The largest absolute Gasteiger partial charge is 0.464 e. The molecule has 0 spiro atoms. The van der Waals surface area contributed by atoms with Gasteiger partial charge in [-0.2, -0.15) is 0 Å². The molecule has 6 heteroatoms. The molecule has 0 aromatic carbocycles. The second kappa shape index (κ2) is 6.37. The Labute approximate surface area is 92.7 Å². The molecule has 1 heterocycles. The van der Waals surface area contributed by atoms with Crippen LogP contribution in [0.25, 0.3) is 0 Å². The summed E-state index contributed by atoms with van der Waals surface area (Å²) in [6, 6.07) is 0. The fourth-order valence-corrected chi connectivity index (χ4v) is 0.882. The molecular weight excluding hydrogens is 210 g/mol. The van der Waals surface area contributed by atoms with Crippen LogP contribution in [-0.2, 0) is 4.74 Å². The number of aliphatic hydroxyl groups excluding tert-OH is 1. The molecule has 16 heavy (non-hydrogen) atoms. The Morgan fingerprint density at radius 2 is 2.31 bits per heavy atom. The van der Waals surface area contributed by atoms with Gasteiger partial charge in [-0.3, -0.25) is 0 Å². The lowest BCUT2D eigenvalue weighted by molar-refractivity contribution is 0.0593. The van der Waals surface area contributed by atoms with Crippen LogP contribution in [0.15, 0.2) is 12.4 Å². The number of ether oxygens (including phenoxy) is 1. The number of carbonyl (C=O) groups excluding carboxylic acids is 1. The Hall–Kier alpha value is -2.13. The molecule has 1 rings (SSSR count). The van der Waals surface area contributed by atoms with Crippen LogP contribution < -0.4 is 5.32 Å². The van der Waals surface area contributed by atoms with Crippen molar-refractivity contribution in [2.45, 2.75) is 0 Å². The fraction of sp³-hybridized carbons (Fsp3) is 0.300. The summed E-state index contributed by atoms with van der Waals surface area (Å²) in [6.45, 7) is 0.182. The maximum absolute atomic E-state index is 11.0. The summed E-state index contributed by atoms with van der Waals surface area (Å²) in [6.07, 6.45) is 2.72. The van der Waals surface area contributed by atoms with Crippen molar-refractivity contribution in [1.82, 2.24) is 9.97 Å². The van der Waals surface area contributed by atoms with Crippen LogP contribution in [0.5, 0.6) is 0 Å². The highest BCUT2D eigenvalue weighted by atomic mass is 16.5. The number of hydrogen-bond donors (Lipinski definition) is 2. The van der Waals surface area contributed by atoms with Crippen LogP contribution in [-0.4, -0.2) is 41.3 Å². The normalized spacial score (nSPS) is 8.88. The topological polar surface area (TPSA) is 84.3 Å². The van der Waals surface area contributed by atoms with Crippen LogP contribution in [0, 0.1) is 11.8 Å². The number of esters is 1. The van der Waals surface area contributed by atoms with Crippen molar-refractivity contribution >= 4 is 11.8 Å². The van der Waals surface area contributed by atoms with Gasteiger partial charge in [-0.1, -0.05) is 11.8 Å². The van der Waals surface area contributed by atoms with E-state index in [2.05, 4.69) is 31.9 Å². The summed E-state index contributed by atoms with van der Waals surface area (Å²) in [7, 11) is 1.28. The van der Waals surface area contributed by atoms with Gasteiger partial charge in [0.1, 0.15) is 12.4 Å². The average Bonchev–Trinajstić information content (AvgIpc) is 2.34. The smallest absolute Gasteiger partial charge is 0.358 e. The molecule has 0 unspecified atom stereocenters. The molecule has 1 aromatic heterocycles. The predicted molar refractivity (Wildman–Crippen MR) is 56.7 cm³/mol. The first kappa shape index (κ1) is 11.9. The third kappa shape index (κ3) is 3.55. The lowest BCUT2D eigenvalue weighted by Gasteiger charge is -2.01. The minimum Gasteiger partial charge on any atom is -0.464 e. The highest BCUT2D eigenvalue weighted by molar-refractivity contribution is 5.86.